The van der Waals surface area contributed by atoms with Crippen molar-refractivity contribution in [3.05, 3.63) is 200 Å². The molecule has 0 amide bonds. The van der Waals surface area contributed by atoms with Gasteiger partial charge in [-0.05, 0) is 97.0 Å². The zero-order valence-electron chi connectivity index (χ0n) is 33.2. The van der Waals surface area contributed by atoms with Crippen molar-refractivity contribution < 1.29 is 0 Å². The van der Waals surface area contributed by atoms with Crippen LogP contribution in [0.15, 0.2) is 200 Å². The maximum absolute atomic E-state index is 5.26. The van der Waals surface area contributed by atoms with Gasteiger partial charge in [0.25, 0.3) is 0 Å². The van der Waals surface area contributed by atoms with Gasteiger partial charge in [0.15, 0.2) is 17.5 Å². The van der Waals surface area contributed by atoms with Crippen LogP contribution in [0.25, 0.3) is 129 Å². The van der Waals surface area contributed by atoms with Crippen LogP contribution in [0.4, 0.5) is 0 Å². The lowest BCUT2D eigenvalue weighted by molar-refractivity contribution is 1.08. The highest BCUT2D eigenvalue weighted by Crippen LogP contribution is 2.43. The van der Waals surface area contributed by atoms with E-state index in [1.807, 2.05) is 11.3 Å². The standard InChI is InChI=1S/C57H33N3S2/c1-2-12-38-33-52-49(32-37(38)11-1)53-45(17-9-21-51(53)61-52)41-28-26-40-31-42(29-27-39(40)30-41)56-58-55(36-24-22-35(23-25-36)44-16-7-13-34-10-3-4-14-43(34)44)59-57(60-56)48-19-8-18-47-46-15-5-6-20-50(46)62-54(47)48/h1-33H. The molecule has 0 radical (unpaired) electrons. The molecule has 5 heteroatoms. The third-order valence-electron chi connectivity index (χ3n) is 12.3. The highest BCUT2D eigenvalue weighted by molar-refractivity contribution is 7.26. The zero-order chi connectivity index (χ0) is 40.7. The normalized spacial score (nSPS) is 11.9. The molecule has 0 fully saturated rings. The van der Waals surface area contributed by atoms with Crippen LogP contribution in [-0.2, 0) is 0 Å². The Kier molecular flexibility index (Phi) is 7.95. The Morgan fingerprint density at radius 2 is 0.823 bits per heavy atom. The number of nitrogens with zero attached hydrogens (tertiary/aromatic N) is 3. The molecular formula is C57H33N3S2. The summed E-state index contributed by atoms with van der Waals surface area (Å²) in [6, 6.07) is 72.2. The molecule has 62 heavy (non-hydrogen) atoms. The Bertz CT molecular complexity index is 3930. The van der Waals surface area contributed by atoms with Gasteiger partial charge in [0.05, 0.1) is 0 Å². The fraction of sp³-hybridized carbons (Fsp3) is 0. The van der Waals surface area contributed by atoms with Gasteiger partial charge in [-0.25, -0.2) is 15.0 Å². The van der Waals surface area contributed by atoms with Gasteiger partial charge in [-0.15, -0.1) is 22.7 Å². The van der Waals surface area contributed by atoms with E-state index in [4.69, 9.17) is 15.0 Å². The van der Waals surface area contributed by atoms with E-state index in [0.29, 0.717) is 17.5 Å². The minimum atomic E-state index is 0.645. The molecule has 13 aromatic rings. The molecule has 0 saturated heterocycles. The first-order valence-electron chi connectivity index (χ1n) is 20.8. The second-order valence-corrected chi connectivity index (χ2v) is 18.1. The summed E-state index contributed by atoms with van der Waals surface area (Å²) in [5.74, 6) is 1.96. The minimum absolute atomic E-state index is 0.645. The molecule has 0 saturated carbocycles. The number of thiophene rings is 2. The molecule has 0 aliphatic carbocycles. The lowest BCUT2D eigenvalue weighted by Crippen LogP contribution is -2.00. The molecule has 3 nitrogen and oxygen atoms in total. The monoisotopic (exact) mass is 823 g/mol. The molecule has 10 aromatic carbocycles. The molecule has 3 aromatic heterocycles. The first-order valence-corrected chi connectivity index (χ1v) is 22.5. The van der Waals surface area contributed by atoms with Crippen molar-refractivity contribution in [2.24, 2.45) is 0 Å². The van der Waals surface area contributed by atoms with E-state index in [1.165, 1.54) is 84.0 Å². The van der Waals surface area contributed by atoms with Crippen LogP contribution in [0.1, 0.15) is 0 Å². The summed E-state index contributed by atoms with van der Waals surface area (Å²) in [6.45, 7) is 0. The van der Waals surface area contributed by atoms with Crippen LogP contribution in [0.2, 0.25) is 0 Å². The lowest BCUT2D eigenvalue weighted by Gasteiger charge is -2.11. The van der Waals surface area contributed by atoms with E-state index >= 15 is 0 Å². The zero-order valence-corrected chi connectivity index (χ0v) is 34.8. The van der Waals surface area contributed by atoms with Crippen LogP contribution in [0.5, 0.6) is 0 Å². The van der Waals surface area contributed by atoms with E-state index in [9.17, 15) is 0 Å². The van der Waals surface area contributed by atoms with Crippen LogP contribution < -0.4 is 0 Å². The van der Waals surface area contributed by atoms with E-state index < -0.39 is 0 Å². The predicted molar refractivity (Wildman–Crippen MR) is 265 cm³/mol. The van der Waals surface area contributed by atoms with Crippen LogP contribution in [0, 0.1) is 0 Å². The number of fused-ring (bicyclic) bond motifs is 9. The molecule has 0 spiro atoms. The van der Waals surface area contributed by atoms with Gasteiger partial charge in [-0.1, -0.05) is 158 Å². The van der Waals surface area contributed by atoms with Gasteiger partial charge in [-0.2, -0.15) is 0 Å². The van der Waals surface area contributed by atoms with Crippen molar-refractivity contribution in [2.75, 3.05) is 0 Å². The Labute approximate surface area is 364 Å². The topological polar surface area (TPSA) is 38.7 Å². The first kappa shape index (κ1) is 35.2. The average molecular weight is 824 g/mol. The van der Waals surface area contributed by atoms with Crippen molar-refractivity contribution in [3.63, 3.8) is 0 Å². The minimum Gasteiger partial charge on any atom is -0.208 e. The fourth-order valence-corrected chi connectivity index (χ4v) is 11.6. The number of aromatic nitrogens is 3. The van der Waals surface area contributed by atoms with E-state index in [2.05, 4.69) is 200 Å². The van der Waals surface area contributed by atoms with Crippen molar-refractivity contribution in [1.29, 1.82) is 0 Å². The Balaban J connectivity index is 0.937. The third kappa shape index (κ3) is 5.74. The molecule has 0 aliphatic rings. The first-order chi connectivity index (χ1) is 30.7. The number of hydrogen-bond donors (Lipinski definition) is 0. The van der Waals surface area contributed by atoms with Crippen molar-refractivity contribution in [3.8, 4) is 56.4 Å². The molecule has 288 valence electrons. The molecule has 3 heterocycles. The molecule has 0 bridgehead atoms. The Morgan fingerprint density at radius 1 is 0.274 bits per heavy atom. The average Bonchev–Trinajstić information content (AvgIpc) is 3.91. The number of benzene rings is 10. The van der Waals surface area contributed by atoms with Crippen LogP contribution in [0.3, 0.4) is 0 Å². The highest BCUT2D eigenvalue weighted by Gasteiger charge is 2.18. The summed E-state index contributed by atoms with van der Waals surface area (Å²) >= 11 is 3.66. The van der Waals surface area contributed by atoms with Gasteiger partial charge in [0.2, 0.25) is 0 Å². The van der Waals surface area contributed by atoms with Crippen molar-refractivity contribution in [1.82, 2.24) is 15.0 Å². The number of rotatable bonds is 5. The quantitative estimate of drug-likeness (QED) is 0.174. The summed E-state index contributed by atoms with van der Waals surface area (Å²) < 4.78 is 5.05. The van der Waals surface area contributed by atoms with E-state index in [-0.39, 0.29) is 0 Å². The third-order valence-corrected chi connectivity index (χ3v) is 14.6. The largest absolute Gasteiger partial charge is 0.208 e. The van der Waals surface area contributed by atoms with Crippen molar-refractivity contribution >= 4 is 95.3 Å². The molecule has 0 N–H and O–H groups in total. The number of hydrogen-bond acceptors (Lipinski definition) is 5. The van der Waals surface area contributed by atoms with Gasteiger partial charge in [-0.3, -0.25) is 0 Å². The summed E-state index contributed by atoms with van der Waals surface area (Å²) in [4.78, 5) is 15.7. The molecule has 0 atom stereocenters. The second kappa shape index (κ2) is 14.0. The summed E-state index contributed by atoms with van der Waals surface area (Å²) in [5, 5.41) is 12.4. The second-order valence-electron chi connectivity index (χ2n) is 15.9. The molecule has 13 rings (SSSR count). The molecule has 0 unspecified atom stereocenters. The van der Waals surface area contributed by atoms with Crippen LogP contribution >= 0.6 is 22.7 Å². The van der Waals surface area contributed by atoms with E-state index in [0.717, 1.165) is 27.6 Å². The maximum atomic E-state index is 5.26. The Morgan fingerprint density at radius 3 is 1.68 bits per heavy atom. The Hall–Kier alpha value is -7.57. The SMILES string of the molecule is c1ccc2cc3c(cc2c1)sc1cccc(-c2ccc4cc(-c5nc(-c6ccc(-c7cccc8ccccc78)cc6)nc(-c6cccc7c6sc6ccccc67)n5)ccc4c2)c13. The summed E-state index contributed by atoms with van der Waals surface area (Å²) in [5.41, 5.74) is 7.71. The lowest BCUT2D eigenvalue weighted by atomic mass is 9.96. The van der Waals surface area contributed by atoms with Crippen molar-refractivity contribution in [2.45, 2.75) is 0 Å². The maximum Gasteiger partial charge on any atom is 0.165 e. The van der Waals surface area contributed by atoms with Gasteiger partial charge in [0, 0.05) is 57.0 Å². The predicted octanol–water partition coefficient (Wildman–Crippen LogP) is 16.4. The van der Waals surface area contributed by atoms with E-state index in [1.54, 1.807) is 11.3 Å². The van der Waals surface area contributed by atoms with Gasteiger partial charge < -0.3 is 0 Å². The van der Waals surface area contributed by atoms with Crippen LogP contribution in [-0.4, -0.2) is 15.0 Å². The smallest absolute Gasteiger partial charge is 0.165 e. The summed E-state index contributed by atoms with van der Waals surface area (Å²) in [7, 11) is 0. The van der Waals surface area contributed by atoms with Gasteiger partial charge in [0.1, 0.15) is 0 Å². The molecular weight excluding hydrogens is 791 g/mol. The highest BCUT2D eigenvalue weighted by atomic mass is 32.1. The fourth-order valence-electron chi connectivity index (χ4n) is 9.26. The summed E-state index contributed by atoms with van der Waals surface area (Å²) in [6.07, 6.45) is 0. The van der Waals surface area contributed by atoms with Gasteiger partial charge >= 0.3 is 0 Å². The molecule has 0 aliphatic heterocycles.